The Balaban J connectivity index is 1.71. The minimum Gasteiger partial charge on any atom is -0.469 e. The maximum absolute atomic E-state index is 13.1. The molecule has 3 aromatic rings. The van der Waals surface area contributed by atoms with Crippen LogP contribution in [0.25, 0.3) is 0 Å². The molecule has 23 heavy (non-hydrogen) atoms. The Bertz CT molecular complexity index is 733. The van der Waals surface area contributed by atoms with Crippen molar-refractivity contribution in [3.05, 3.63) is 84.0 Å². The summed E-state index contributed by atoms with van der Waals surface area (Å²) in [4.78, 5) is 12.2. The van der Waals surface area contributed by atoms with E-state index in [-0.39, 0.29) is 24.1 Å². The number of amides is 1. The summed E-state index contributed by atoms with van der Waals surface area (Å²) in [5, 5.41) is 2.81. The molecule has 0 spiro atoms. The molecule has 0 saturated heterocycles. The first kappa shape index (κ1) is 15.1. The van der Waals surface area contributed by atoms with Crippen molar-refractivity contribution in [3.8, 4) is 0 Å². The molecule has 0 fully saturated rings. The molecule has 1 aromatic carbocycles. The molecule has 2 heterocycles. The average molecular weight is 313 g/mol. The van der Waals surface area contributed by atoms with Crippen molar-refractivity contribution in [1.29, 1.82) is 0 Å². The van der Waals surface area contributed by atoms with Gasteiger partial charge in [-0.25, -0.2) is 4.39 Å². The van der Waals surface area contributed by atoms with Crippen molar-refractivity contribution < 1.29 is 18.0 Å². The second-order valence-corrected chi connectivity index (χ2v) is 5.18. The van der Waals surface area contributed by atoms with Crippen molar-refractivity contribution >= 4 is 5.91 Å². The molecule has 5 heteroatoms. The van der Waals surface area contributed by atoms with Crippen molar-refractivity contribution in [1.82, 2.24) is 5.32 Å². The number of rotatable bonds is 6. The van der Waals surface area contributed by atoms with Crippen LogP contribution in [-0.2, 0) is 11.3 Å². The molecule has 0 bridgehead atoms. The van der Waals surface area contributed by atoms with Gasteiger partial charge >= 0.3 is 0 Å². The first-order chi connectivity index (χ1) is 11.2. The Morgan fingerprint density at radius 3 is 2.43 bits per heavy atom. The highest BCUT2D eigenvalue weighted by Crippen LogP contribution is 2.28. The molecule has 0 aliphatic carbocycles. The molecule has 118 valence electrons. The molecule has 3 rings (SSSR count). The third-order valence-corrected chi connectivity index (χ3v) is 3.59. The lowest BCUT2D eigenvalue weighted by Gasteiger charge is -2.15. The number of hydrogen-bond donors (Lipinski definition) is 1. The lowest BCUT2D eigenvalue weighted by molar-refractivity contribution is -0.121. The third kappa shape index (κ3) is 3.88. The normalized spacial score (nSPS) is 12.0. The van der Waals surface area contributed by atoms with E-state index in [2.05, 4.69) is 5.32 Å². The summed E-state index contributed by atoms with van der Waals surface area (Å²) >= 11 is 0. The smallest absolute Gasteiger partial charge is 0.221 e. The lowest BCUT2D eigenvalue weighted by Crippen LogP contribution is -2.24. The van der Waals surface area contributed by atoms with Crippen LogP contribution < -0.4 is 5.32 Å². The van der Waals surface area contributed by atoms with E-state index in [4.69, 9.17) is 8.83 Å². The van der Waals surface area contributed by atoms with Gasteiger partial charge in [0.25, 0.3) is 0 Å². The molecule has 0 unspecified atom stereocenters. The van der Waals surface area contributed by atoms with Gasteiger partial charge in [0.2, 0.25) is 5.91 Å². The number of carbonyl (C=O) groups is 1. The molecule has 0 radical (unpaired) electrons. The van der Waals surface area contributed by atoms with Crippen LogP contribution in [0.15, 0.2) is 69.9 Å². The predicted octanol–water partition coefficient (Wildman–Crippen LogP) is 3.85. The number of halogens is 1. The molecule has 1 N–H and O–H groups in total. The van der Waals surface area contributed by atoms with E-state index in [9.17, 15) is 9.18 Å². The van der Waals surface area contributed by atoms with Gasteiger partial charge in [-0.3, -0.25) is 4.79 Å². The molecular formula is C18H16FNO3. The summed E-state index contributed by atoms with van der Waals surface area (Å²) in [5.74, 6) is 0.656. The highest BCUT2D eigenvalue weighted by Gasteiger charge is 2.20. The minimum absolute atomic E-state index is 0.132. The summed E-state index contributed by atoms with van der Waals surface area (Å²) in [6, 6.07) is 13.2. The van der Waals surface area contributed by atoms with Gasteiger partial charge in [-0.1, -0.05) is 12.1 Å². The fourth-order valence-electron chi connectivity index (χ4n) is 2.42. The lowest BCUT2D eigenvalue weighted by atomic mass is 9.93. The number of hydrogen-bond acceptors (Lipinski definition) is 3. The molecule has 0 aliphatic rings. The topological polar surface area (TPSA) is 55.4 Å². The molecule has 4 nitrogen and oxygen atoms in total. The zero-order valence-electron chi connectivity index (χ0n) is 12.4. The van der Waals surface area contributed by atoms with Gasteiger partial charge in [0.15, 0.2) is 0 Å². The summed E-state index contributed by atoms with van der Waals surface area (Å²) in [6.45, 7) is 0.333. The van der Waals surface area contributed by atoms with Crippen molar-refractivity contribution in [3.63, 3.8) is 0 Å². The van der Waals surface area contributed by atoms with Gasteiger partial charge < -0.3 is 14.2 Å². The van der Waals surface area contributed by atoms with Gasteiger partial charge in [0.1, 0.15) is 17.3 Å². The Morgan fingerprint density at radius 2 is 1.78 bits per heavy atom. The number of nitrogens with one attached hydrogen (secondary N) is 1. The highest BCUT2D eigenvalue weighted by molar-refractivity contribution is 5.77. The third-order valence-electron chi connectivity index (χ3n) is 3.59. The first-order valence-corrected chi connectivity index (χ1v) is 7.30. The number of furan rings is 2. The van der Waals surface area contributed by atoms with E-state index >= 15 is 0 Å². The Morgan fingerprint density at radius 1 is 1.04 bits per heavy atom. The summed E-state index contributed by atoms with van der Waals surface area (Å²) in [6.07, 6.45) is 3.33. The maximum atomic E-state index is 13.1. The zero-order valence-corrected chi connectivity index (χ0v) is 12.4. The van der Waals surface area contributed by atoms with Gasteiger partial charge in [-0.15, -0.1) is 0 Å². The van der Waals surface area contributed by atoms with Crippen LogP contribution in [0.5, 0.6) is 0 Å². The van der Waals surface area contributed by atoms with Gasteiger partial charge in [0.05, 0.1) is 25.0 Å². The molecule has 0 saturated carbocycles. The maximum Gasteiger partial charge on any atom is 0.221 e. The number of benzene rings is 1. The van der Waals surface area contributed by atoms with Crippen molar-refractivity contribution in [2.75, 3.05) is 0 Å². The minimum atomic E-state index is -0.311. The van der Waals surface area contributed by atoms with Crippen molar-refractivity contribution in [2.24, 2.45) is 0 Å². The summed E-state index contributed by atoms with van der Waals surface area (Å²) in [5.41, 5.74) is 0.828. The monoisotopic (exact) mass is 313 g/mol. The van der Waals surface area contributed by atoms with Gasteiger partial charge in [-0.05, 0) is 42.0 Å². The van der Waals surface area contributed by atoms with Crippen LogP contribution in [-0.4, -0.2) is 5.91 Å². The Labute approximate surface area is 132 Å². The van der Waals surface area contributed by atoms with Crippen LogP contribution in [0.3, 0.4) is 0 Å². The molecular weight excluding hydrogens is 297 g/mol. The Kier molecular flexibility index (Phi) is 4.57. The quantitative estimate of drug-likeness (QED) is 0.752. The average Bonchev–Trinajstić information content (AvgIpc) is 3.25. The second-order valence-electron chi connectivity index (χ2n) is 5.18. The fourth-order valence-corrected chi connectivity index (χ4v) is 2.42. The van der Waals surface area contributed by atoms with E-state index in [1.165, 1.54) is 12.1 Å². The van der Waals surface area contributed by atoms with Crippen molar-refractivity contribution in [2.45, 2.75) is 18.9 Å². The van der Waals surface area contributed by atoms with Crippen LogP contribution in [0.4, 0.5) is 4.39 Å². The van der Waals surface area contributed by atoms with E-state index in [1.807, 2.05) is 6.07 Å². The highest BCUT2D eigenvalue weighted by atomic mass is 19.1. The zero-order chi connectivity index (χ0) is 16.1. The number of carbonyl (C=O) groups excluding carboxylic acids is 1. The Hall–Kier alpha value is -2.82. The summed E-state index contributed by atoms with van der Waals surface area (Å²) < 4.78 is 23.7. The standard InChI is InChI=1S/C18H16FNO3/c19-14-7-5-13(6-8-14)16(17-4-2-10-23-17)11-18(21)20-12-15-3-1-9-22-15/h1-10,16H,11-12H2,(H,20,21)/t16-/m0/s1. The largest absolute Gasteiger partial charge is 0.469 e. The van der Waals surface area contributed by atoms with Gasteiger partial charge in [0, 0.05) is 6.42 Å². The molecule has 2 aromatic heterocycles. The fraction of sp³-hybridized carbons (Fsp3) is 0.167. The van der Waals surface area contributed by atoms with E-state index < -0.39 is 0 Å². The summed E-state index contributed by atoms with van der Waals surface area (Å²) in [7, 11) is 0. The van der Waals surface area contributed by atoms with Crippen LogP contribution in [0.1, 0.15) is 29.4 Å². The molecule has 0 aliphatic heterocycles. The van der Waals surface area contributed by atoms with Crippen LogP contribution >= 0.6 is 0 Å². The van der Waals surface area contributed by atoms with E-state index in [1.54, 1.807) is 42.9 Å². The van der Waals surface area contributed by atoms with E-state index in [0.29, 0.717) is 18.1 Å². The SMILES string of the molecule is O=C(C[C@@H](c1ccc(F)cc1)c1ccco1)NCc1ccco1. The molecule has 1 amide bonds. The van der Waals surface area contributed by atoms with E-state index in [0.717, 1.165) is 5.56 Å². The first-order valence-electron chi connectivity index (χ1n) is 7.30. The van der Waals surface area contributed by atoms with Gasteiger partial charge in [-0.2, -0.15) is 0 Å². The molecule has 1 atom stereocenters. The predicted molar refractivity (Wildman–Crippen MR) is 82.1 cm³/mol. The second kappa shape index (κ2) is 6.96. The van der Waals surface area contributed by atoms with Crippen LogP contribution in [0, 0.1) is 5.82 Å². The van der Waals surface area contributed by atoms with Crippen LogP contribution in [0.2, 0.25) is 0 Å².